The number of hydrogen-bond acceptors (Lipinski definition) is 6. The quantitative estimate of drug-likeness (QED) is 0.185. The minimum atomic E-state index is -0.752. The van der Waals surface area contributed by atoms with E-state index in [9.17, 15) is 9.59 Å². The van der Waals surface area contributed by atoms with Crippen molar-refractivity contribution in [3.63, 3.8) is 0 Å². The molecule has 1 aliphatic rings. The van der Waals surface area contributed by atoms with Crippen LogP contribution in [0.2, 0.25) is 19.1 Å². The topological polar surface area (TPSA) is 104 Å². The smallest absolute Gasteiger partial charge is 0.408 e. The molecule has 0 spiro atoms. The highest BCUT2D eigenvalue weighted by molar-refractivity contribution is 6.55. The number of carbonyl (C=O) groups is 2. The third-order valence-electron chi connectivity index (χ3n) is 7.15. The second-order valence-corrected chi connectivity index (χ2v) is 15.2. The standard InChI is InChI=1S/C32H44N4O5Si/c1-32(2,3)41-31(38)35-27(30(37)34-24-9-7-6-8-10-24)21-23-11-13-25(14-12-23)40-28-15-17-33-29-26(28)16-18-36(29)22-39-19-20-42(4)5/h11-18,24,27H,6-10,19-22H2,1-5H3,(H-,34,35,37,38)/p+1/t27-/m0/s1. The zero-order valence-electron chi connectivity index (χ0n) is 25.6. The van der Waals surface area contributed by atoms with Crippen molar-refractivity contribution in [1.29, 1.82) is 0 Å². The molecular formula is C32H45N4O5Si+. The number of aromatic nitrogens is 2. The van der Waals surface area contributed by atoms with Crippen molar-refractivity contribution in [2.75, 3.05) is 6.61 Å². The van der Waals surface area contributed by atoms with Crippen molar-refractivity contribution in [2.45, 2.75) is 103 Å². The summed E-state index contributed by atoms with van der Waals surface area (Å²) < 4.78 is 19.5. The Labute approximate surface area is 250 Å². The van der Waals surface area contributed by atoms with Crippen LogP contribution >= 0.6 is 0 Å². The number of benzene rings is 1. The average Bonchev–Trinajstić information content (AvgIpc) is 3.35. The molecule has 10 heteroatoms. The predicted octanol–water partition coefficient (Wildman–Crippen LogP) is 6.44. The van der Waals surface area contributed by atoms with Gasteiger partial charge in [0.15, 0.2) is 0 Å². The Morgan fingerprint density at radius 2 is 1.81 bits per heavy atom. The normalized spacial score (nSPS) is 14.8. The summed E-state index contributed by atoms with van der Waals surface area (Å²) in [5.74, 6) is 1.18. The Morgan fingerprint density at radius 1 is 1.07 bits per heavy atom. The zero-order chi connectivity index (χ0) is 30.1. The first-order valence-electron chi connectivity index (χ1n) is 14.9. The van der Waals surface area contributed by atoms with Crippen LogP contribution < -0.4 is 15.4 Å². The number of nitrogens with zero attached hydrogens (tertiary/aromatic N) is 2. The number of alkyl carbamates (subject to hydrolysis) is 1. The van der Waals surface area contributed by atoms with E-state index >= 15 is 0 Å². The number of nitrogens with one attached hydrogen (secondary N) is 2. The molecule has 0 unspecified atom stereocenters. The van der Waals surface area contributed by atoms with Crippen LogP contribution in [0, 0.1) is 0 Å². The molecule has 42 heavy (non-hydrogen) atoms. The summed E-state index contributed by atoms with van der Waals surface area (Å²) in [5, 5.41) is 6.84. The first kappa shape index (κ1) is 31.6. The molecule has 2 heterocycles. The first-order chi connectivity index (χ1) is 20.1. The van der Waals surface area contributed by atoms with Crippen molar-refractivity contribution < 1.29 is 23.8 Å². The molecule has 1 aromatic carbocycles. The van der Waals surface area contributed by atoms with Crippen molar-refractivity contribution in [3.05, 3.63) is 54.4 Å². The lowest BCUT2D eigenvalue weighted by molar-refractivity contribution is -0.124. The monoisotopic (exact) mass is 593 g/mol. The van der Waals surface area contributed by atoms with Gasteiger partial charge in [0.05, 0.1) is 31.1 Å². The summed E-state index contributed by atoms with van der Waals surface area (Å²) in [4.78, 5) is 30.4. The maximum Gasteiger partial charge on any atom is 0.408 e. The van der Waals surface area contributed by atoms with Crippen LogP contribution in [0.25, 0.3) is 11.0 Å². The molecule has 1 atom stereocenters. The molecule has 3 aromatic rings. The van der Waals surface area contributed by atoms with Gasteiger partial charge in [-0.05, 0) is 63.4 Å². The molecule has 0 saturated heterocycles. The molecule has 2 amide bonds. The van der Waals surface area contributed by atoms with E-state index in [1.165, 1.54) is 6.42 Å². The van der Waals surface area contributed by atoms with Gasteiger partial charge in [-0.1, -0.05) is 31.4 Å². The highest BCUT2D eigenvalue weighted by Crippen LogP contribution is 2.30. The van der Waals surface area contributed by atoms with E-state index in [4.69, 9.17) is 14.2 Å². The van der Waals surface area contributed by atoms with E-state index in [2.05, 4.69) is 28.7 Å². The number of hydrogen-bond donors (Lipinski definition) is 2. The van der Waals surface area contributed by atoms with Gasteiger partial charge in [0.1, 0.15) is 35.5 Å². The minimum Gasteiger partial charge on any atom is -0.457 e. The Kier molecular flexibility index (Phi) is 11.0. The van der Waals surface area contributed by atoms with Crippen LogP contribution in [0.5, 0.6) is 11.5 Å². The van der Waals surface area contributed by atoms with E-state index in [0.29, 0.717) is 24.7 Å². The van der Waals surface area contributed by atoms with Gasteiger partial charge in [-0.25, -0.2) is 9.78 Å². The van der Waals surface area contributed by atoms with Crippen LogP contribution in [0.15, 0.2) is 48.8 Å². The van der Waals surface area contributed by atoms with Gasteiger partial charge in [0.25, 0.3) is 0 Å². The van der Waals surface area contributed by atoms with Gasteiger partial charge in [-0.3, -0.25) is 4.79 Å². The molecule has 1 aliphatic carbocycles. The Hall–Kier alpha value is -3.37. The molecule has 9 nitrogen and oxygen atoms in total. The van der Waals surface area contributed by atoms with Gasteiger partial charge >= 0.3 is 14.9 Å². The predicted molar refractivity (Wildman–Crippen MR) is 166 cm³/mol. The van der Waals surface area contributed by atoms with E-state index in [1.54, 1.807) is 27.0 Å². The molecule has 2 aromatic heterocycles. The SMILES string of the molecule is C[Si+](C)CCOCn1ccc2c(Oc3ccc(C[C@H](NC(=O)OC(C)(C)C)C(=O)NC4CCCCC4)cc3)ccnc21. The summed E-state index contributed by atoms with van der Waals surface area (Å²) in [6.45, 7) is 11.2. The Bertz CT molecular complexity index is 1310. The molecule has 1 saturated carbocycles. The van der Waals surface area contributed by atoms with Crippen molar-refractivity contribution >= 4 is 31.8 Å². The zero-order valence-corrected chi connectivity index (χ0v) is 26.6. The molecule has 1 fully saturated rings. The highest BCUT2D eigenvalue weighted by Gasteiger charge is 2.27. The van der Waals surface area contributed by atoms with Gasteiger partial charge in [0.2, 0.25) is 5.91 Å². The molecular weight excluding hydrogens is 548 g/mol. The van der Waals surface area contributed by atoms with Gasteiger partial charge in [0, 0.05) is 24.9 Å². The number of amides is 2. The minimum absolute atomic E-state index is 0.143. The van der Waals surface area contributed by atoms with Crippen LogP contribution in [0.1, 0.15) is 58.4 Å². The number of rotatable bonds is 12. The van der Waals surface area contributed by atoms with Crippen LogP contribution in [0.4, 0.5) is 4.79 Å². The van der Waals surface area contributed by atoms with Crippen molar-refractivity contribution in [1.82, 2.24) is 20.2 Å². The summed E-state index contributed by atoms with van der Waals surface area (Å²) in [6.07, 6.45) is 8.78. The van der Waals surface area contributed by atoms with Crippen molar-refractivity contribution in [2.24, 2.45) is 0 Å². The fourth-order valence-corrected chi connectivity index (χ4v) is 5.51. The Balaban J connectivity index is 1.41. The van der Waals surface area contributed by atoms with Crippen LogP contribution in [-0.4, -0.2) is 54.6 Å². The number of pyridine rings is 1. The number of fused-ring (bicyclic) bond motifs is 1. The van der Waals surface area contributed by atoms with E-state index in [1.807, 2.05) is 47.2 Å². The van der Waals surface area contributed by atoms with Crippen LogP contribution in [0.3, 0.4) is 0 Å². The fourth-order valence-electron chi connectivity index (χ4n) is 4.96. The highest BCUT2D eigenvalue weighted by atomic mass is 28.3. The molecule has 2 N–H and O–H groups in total. The first-order valence-corrected chi connectivity index (χ1v) is 17.7. The van der Waals surface area contributed by atoms with Gasteiger partial charge in [-0.15, -0.1) is 0 Å². The summed E-state index contributed by atoms with van der Waals surface area (Å²) in [7, 11) is -0.304. The maximum atomic E-state index is 13.2. The largest absolute Gasteiger partial charge is 0.457 e. The second-order valence-electron chi connectivity index (χ2n) is 12.3. The third-order valence-corrected chi connectivity index (χ3v) is 8.35. The van der Waals surface area contributed by atoms with Gasteiger partial charge in [-0.2, -0.15) is 0 Å². The molecule has 0 aliphatic heterocycles. The summed E-state index contributed by atoms with van der Waals surface area (Å²) in [5.41, 5.74) is 1.05. The third kappa shape index (κ3) is 9.59. The van der Waals surface area contributed by atoms with E-state index < -0.39 is 17.7 Å². The second kappa shape index (κ2) is 14.7. The fraction of sp³-hybridized carbons (Fsp3) is 0.531. The molecule has 0 bridgehead atoms. The Morgan fingerprint density at radius 3 is 2.50 bits per heavy atom. The molecule has 4 rings (SSSR count). The lowest BCUT2D eigenvalue weighted by atomic mass is 9.95. The average molecular weight is 594 g/mol. The molecule has 226 valence electrons. The summed E-state index contributed by atoms with van der Waals surface area (Å²) >= 11 is 0. The molecule has 0 radical (unpaired) electrons. The van der Waals surface area contributed by atoms with E-state index in [-0.39, 0.29) is 20.7 Å². The number of ether oxygens (including phenoxy) is 3. The summed E-state index contributed by atoms with van der Waals surface area (Å²) in [6, 6.07) is 11.9. The lowest BCUT2D eigenvalue weighted by Crippen LogP contribution is -2.51. The number of carbonyl (C=O) groups excluding carboxylic acids is 2. The van der Waals surface area contributed by atoms with Crippen molar-refractivity contribution in [3.8, 4) is 11.5 Å². The maximum absolute atomic E-state index is 13.2. The van der Waals surface area contributed by atoms with E-state index in [0.717, 1.165) is 54.9 Å². The van der Waals surface area contributed by atoms with Crippen LogP contribution in [-0.2, 0) is 27.4 Å². The van der Waals surface area contributed by atoms with Gasteiger partial charge < -0.3 is 29.4 Å². The lowest BCUT2D eigenvalue weighted by Gasteiger charge is -2.27.